The molecule has 0 aromatic carbocycles. The summed E-state index contributed by atoms with van der Waals surface area (Å²) in [6.45, 7) is 6.41. The highest BCUT2D eigenvalue weighted by molar-refractivity contribution is 8.14. The number of thioether (sulfide) groups is 1. The number of nitrogens with zero attached hydrogens (tertiary/aromatic N) is 2. The van der Waals surface area contributed by atoms with Crippen LogP contribution in [0, 0.1) is 0 Å². The molecule has 3 fully saturated rings. The molecule has 5 heteroatoms. The first-order valence-electron chi connectivity index (χ1n) is 7.62. The normalized spacial score (nSPS) is 29.8. The fourth-order valence-electron chi connectivity index (χ4n) is 3.10. The number of hydrogen-bond acceptors (Lipinski definition) is 4. The first-order valence-corrected chi connectivity index (χ1v) is 8.60. The summed E-state index contributed by atoms with van der Waals surface area (Å²) in [5.41, 5.74) is 0.285. The molecule has 0 bridgehead atoms. The molecule has 0 atom stereocenters. The standard InChI is InChI=1S/C14H25N3OS/c1-2-7-17(8-3-1)9-6-15-13-16-14(12-19-13)4-10-18-11-5-14/h1-12H2,(H,15,16). The van der Waals surface area contributed by atoms with E-state index in [2.05, 4.69) is 10.2 Å². The predicted octanol–water partition coefficient (Wildman–Crippen LogP) is 1.71. The molecule has 0 aromatic heterocycles. The van der Waals surface area contributed by atoms with Crippen molar-refractivity contribution in [3.05, 3.63) is 0 Å². The van der Waals surface area contributed by atoms with E-state index < -0.39 is 0 Å². The van der Waals surface area contributed by atoms with E-state index in [0.29, 0.717) is 0 Å². The maximum absolute atomic E-state index is 5.46. The topological polar surface area (TPSA) is 36.9 Å². The second kappa shape index (κ2) is 6.46. The number of aliphatic imine (C=N–C) groups is 1. The number of piperidine rings is 1. The largest absolute Gasteiger partial charge is 0.381 e. The first kappa shape index (κ1) is 13.7. The van der Waals surface area contributed by atoms with Crippen LogP contribution in [0.3, 0.4) is 0 Å². The molecule has 3 saturated heterocycles. The summed E-state index contributed by atoms with van der Waals surface area (Å²) in [6, 6.07) is 0. The van der Waals surface area contributed by atoms with Crippen LogP contribution in [0.5, 0.6) is 0 Å². The van der Waals surface area contributed by atoms with E-state index in [4.69, 9.17) is 9.73 Å². The molecule has 3 rings (SSSR count). The Morgan fingerprint density at radius 3 is 2.79 bits per heavy atom. The maximum atomic E-state index is 5.46. The second-order valence-electron chi connectivity index (χ2n) is 5.90. The molecule has 1 N–H and O–H groups in total. The van der Waals surface area contributed by atoms with Crippen molar-refractivity contribution >= 4 is 16.9 Å². The third-order valence-electron chi connectivity index (χ3n) is 4.43. The highest BCUT2D eigenvalue weighted by Gasteiger charge is 2.38. The number of amidine groups is 1. The van der Waals surface area contributed by atoms with E-state index in [0.717, 1.165) is 39.1 Å². The van der Waals surface area contributed by atoms with Crippen LogP contribution in [-0.2, 0) is 4.74 Å². The summed E-state index contributed by atoms with van der Waals surface area (Å²) in [5.74, 6) is 1.17. The van der Waals surface area contributed by atoms with Crippen molar-refractivity contribution in [1.82, 2.24) is 10.2 Å². The minimum Gasteiger partial charge on any atom is -0.381 e. The number of likely N-dealkylation sites (tertiary alicyclic amines) is 1. The Bertz CT molecular complexity index is 323. The SMILES string of the molecule is C1CCN(CCN=C2NC3(CCOCC3)CS2)CC1. The lowest BCUT2D eigenvalue weighted by atomic mass is 9.93. The Morgan fingerprint density at radius 2 is 2.00 bits per heavy atom. The van der Waals surface area contributed by atoms with Gasteiger partial charge in [-0.25, -0.2) is 0 Å². The van der Waals surface area contributed by atoms with Crippen molar-refractivity contribution < 1.29 is 4.74 Å². The molecule has 0 radical (unpaired) electrons. The second-order valence-corrected chi connectivity index (χ2v) is 6.86. The van der Waals surface area contributed by atoms with Crippen molar-refractivity contribution in [2.45, 2.75) is 37.6 Å². The minimum atomic E-state index is 0.285. The van der Waals surface area contributed by atoms with Gasteiger partial charge in [0.1, 0.15) is 0 Å². The molecule has 1 spiro atoms. The zero-order chi connectivity index (χ0) is 13.0. The van der Waals surface area contributed by atoms with Crippen LogP contribution in [-0.4, -0.2) is 60.8 Å². The molecular weight excluding hydrogens is 258 g/mol. The Hall–Kier alpha value is -0.260. The van der Waals surface area contributed by atoms with Crippen LogP contribution in [0.4, 0.5) is 0 Å². The van der Waals surface area contributed by atoms with E-state index in [9.17, 15) is 0 Å². The van der Waals surface area contributed by atoms with Crippen molar-refractivity contribution in [3.8, 4) is 0 Å². The number of ether oxygens (including phenoxy) is 1. The smallest absolute Gasteiger partial charge is 0.157 e. The van der Waals surface area contributed by atoms with Crippen LogP contribution in [0.2, 0.25) is 0 Å². The summed E-state index contributed by atoms with van der Waals surface area (Å²) in [5, 5.41) is 4.82. The van der Waals surface area contributed by atoms with Gasteiger partial charge in [0, 0.05) is 25.5 Å². The Labute approximate surface area is 120 Å². The first-order chi connectivity index (χ1) is 9.36. The summed E-state index contributed by atoms with van der Waals surface area (Å²) in [7, 11) is 0. The molecule has 0 unspecified atom stereocenters. The predicted molar refractivity (Wildman–Crippen MR) is 81.0 cm³/mol. The molecule has 0 aromatic rings. The lowest BCUT2D eigenvalue weighted by molar-refractivity contribution is 0.0555. The van der Waals surface area contributed by atoms with Crippen molar-refractivity contribution in [1.29, 1.82) is 0 Å². The van der Waals surface area contributed by atoms with Gasteiger partial charge in [0.25, 0.3) is 0 Å². The molecule has 3 aliphatic rings. The summed E-state index contributed by atoms with van der Waals surface area (Å²) >= 11 is 1.90. The lowest BCUT2D eigenvalue weighted by Crippen LogP contribution is -2.48. The fraction of sp³-hybridized carbons (Fsp3) is 0.929. The third kappa shape index (κ3) is 3.64. The number of rotatable bonds is 3. The van der Waals surface area contributed by atoms with Gasteiger partial charge in [0.2, 0.25) is 0 Å². The summed E-state index contributed by atoms with van der Waals surface area (Å²) in [6.07, 6.45) is 6.41. The van der Waals surface area contributed by atoms with E-state index in [1.165, 1.54) is 43.3 Å². The highest BCUT2D eigenvalue weighted by atomic mass is 32.2. The van der Waals surface area contributed by atoms with E-state index in [1.807, 2.05) is 11.8 Å². The van der Waals surface area contributed by atoms with Crippen LogP contribution >= 0.6 is 11.8 Å². The van der Waals surface area contributed by atoms with Crippen LogP contribution in [0.25, 0.3) is 0 Å². The lowest BCUT2D eigenvalue weighted by Gasteiger charge is -2.32. The minimum absolute atomic E-state index is 0.285. The molecular formula is C14H25N3OS. The Balaban J connectivity index is 1.43. The van der Waals surface area contributed by atoms with Gasteiger partial charge in [0.15, 0.2) is 5.17 Å². The van der Waals surface area contributed by atoms with Crippen molar-refractivity contribution in [3.63, 3.8) is 0 Å². The van der Waals surface area contributed by atoms with Gasteiger partial charge in [-0.3, -0.25) is 4.99 Å². The molecule has 3 heterocycles. The molecule has 0 amide bonds. The zero-order valence-corrected chi connectivity index (χ0v) is 12.5. The van der Waals surface area contributed by atoms with Crippen LogP contribution < -0.4 is 5.32 Å². The summed E-state index contributed by atoms with van der Waals surface area (Å²) in [4.78, 5) is 7.31. The Morgan fingerprint density at radius 1 is 1.21 bits per heavy atom. The molecule has 108 valence electrons. The third-order valence-corrected chi connectivity index (χ3v) is 5.63. The molecule has 0 saturated carbocycles. The van der Waals surface area contributed by atoms with E-state index >= 15 is 0 Å². The molecule has 3 aliphatic heterocycles. The quantitative estimate of drug-likeness (QED) is 0.855. The monoisotopic (exact) mass is 283 g/mol. The molecule has 4 nitrogen and oxygen atoms in total. The van der Waals surface area contributed by atoms with Gasteiger partial charge in [-0.2, -0.15) is 0 Å². The Kier molecular flexibility index (Phi) is 4.66. The van der Waals surface area contributed by atoms with Crippen molar-refractivity contribution in [2.24, 2.45) is 4.99 Å². The fourth-order valence-corrected chi connectivity index (χ4v) is 4.34. The average molecular weight is 283 g/mol. The maximum Gasteiger partial charge on any atom is 0.157 e. The van der Waals surface area contributed by atoms with Gasteiger partial charge in [-0.05, 0) is 38.8 Å². The number of hydrogen-bond donors (Lipinski definition) is 1. The van der Waals surface area contributed by atoms with Crippen LogP contribution in [0.1, 0.15) is 32.1 Å². The van der Waals surface area contributed by atoms with Gasteiger partial charge < -0.3 is 15.0 Å². The summed E-state index contributed by atoms with van der Waals surface area (Å²) < 4.78 is 5.46. The highest BCUT2D eigenvalue weighted by Crippen LogP contribution is 2.31. The average Bonchev–Trinajstić information content (AvgIpc) is 2.84. The van der Waals surface area contributed by atoms with Gasteiger partial charge in [-0.1, -0.05) is 18.2 Å². The van der Waals surface area contributed by atoms with E-state index in [-0.39, 0.29) is 5.54 Å². The van der Waals surface area contributed by atoms with Gasteiger partial charge in [-0.15, -0.1) is 0 Å². The number of nitrogens with one attached hydrogen (secondary N) is 1. The van der Waals surface area contributed by atoms with Crippen LogP contribution in [0.15, 0.2) is 4.99 Å². The zero-order valence-electron chi connectivity index (χ0n) is 11.7. The van der Waals surface area contributed by atoms with Crippen molar-refractivity contribution in [2.75, 3.05) is 45.1 Å². The molecule has 0 aliphatic carbocycles. The molecule has 19 heavy (non-hydrogen) atoms. The van der Waals surface area contributed by atoms with E-state index in [1.54, 1.807) is 0 Å². The van der Waals surface area contributed by atoms with Gasteiger partial charge >= 0.3 is 0 Å². The van der Waals surface area contributed by atoms with Gasteiger partial charge in [0.05, 0.1) is 12.1 Å².